The fourth-order valence-corrected chi connectivity index (χ4v) is 1.52. The second kappa shape index (κ2) is 5.89. The van der Waals surface area contributed by atoms with E-state index < -0.39 is 0 Å². The average Bonchev–Trinajstić information content (AvgIpc) is 2.26. The van der Waals surface area contributed by atoms with E-state index in [1.54, 1.807) is 0 Å². The van der Waals surface area contributed by atoms with E-state index in [9.17, 15) is 5.11 Å². The first-order chi connectivity index (χ1) is 7.13. The van der Waals surface area contributed by atoms with Gasteiger partial charge in [-0.15, -0.1) is 0 Å². The number of aliphatic hydroxyl groups excluding tert-OH is 1. The van der Waals surface area contributed by atoms with Crippen molar-refractivity contribution in [2.24, 2.45) is 5.73 Å². The Morgan fingerprint density at radius 1 is 1.20 bits per heavy atom. The molecule has 1 aromatic rings. The minimum atomic E-state index is -0.366. The molecular formula is C13H21NO. The van der Waals surface area contributed by atoms with E-state index >= 15 is 0 Å². The lowest BCUT2D eigenvalue weighted by Crippen LogP contribution is -2.20. The molecular weight excluding hydrogens is 186 g/mol. The summed E-state index contributed by atoms with van der Waals surface area (Å²) in [4.78, 5) is 0. The second-order valence-electron chi connectivity index (χ2n) is 4.32. The zero-order chi connectivity index (χ0) is 11.3. The zero-order valence-corrected chi connectivity index (χ0v) is 9.61. The summed E-state index contributed by atoms with van der Waals surface area (Å²) in [5.41, 5.74) is 7.98. The van der Waals surface area contributed by atoms with Crippen molar-refractivity contribution in [3.05, 3.63) is 35.4 Å². The molecule has 2 nitrogen and oxygen atoms in total. The maximum absolute atomic E-state index is 9.34. The topological polar surface area (TPSA) is 46.2 Å². The first-order valence-corrected chi connectivity index (χ1v) is 5.60. The quantitative estimate of drug-likeness (QED) is 0.776. The van der Waals surface area contributed by atoms with Gasteiger partial charge in [0.25, 0.3) is 0 Å². The molecule has 0 aliphatic carbocycles. The van der Waals surface area contributed by atoms with Crippen LogP contribution in [0.4, 0.5) is 0 Å². The van der Waals surface area contributed by atoms with Crippen LogP contribution >= 0.6 is 0 Å². The Bertz CT molecular complexity index is 279. The van der Waals surface area contributed by atoms with Crippen molar-refractivity contribution in [3.8, 4) is 0 Å². The van der Waals surface area contributed by atoms with Gasteiger partial charge in [0.05, 0.1) is 6.10 Å². The predicted molar refractivity (Wildman–Crippen MR) is 63.9 cm³/mol. The summed E-state index contributed by atoms with van der Waals surface area (Å²) in [7, 11) is 0. The summed E-state index contributed by atoms with van der Waals surface area (Å²) in [5, 5.41) is 9.34. The van der Waals surface area contributed by atoms with Gasteiger partial charge in [-0.2, -0.15) is 0 Å². The van der Waals surface area contributed by atoms with E-state index in [1.165, 1.54) is 11.1 Å². The third-order valence-electron chi connectivity index (χ3n) is 2.68. The molecule has 0 spiro atoms. The Balaban J connectivity index is 2.50. The standard InChI is InChI=1S/C13H21NO/c1-10(2)12-6-3-11(4-7-12)5-8-13(15)9-14/h3-4,6-7,10,13,15H,5,8-9,14H2,1-2H3. The van der Waals surface area contributed by atoms with Gasteiger partial charge in [0, 0.05) is 6.54 Å². The number of hydrogen-bond acceptors (Lipinski definition) is 2. The third kappa shape index (κ3) is 4.02. The fourth-order valence-electron chi connectivity index (χ4n) is 1.52. The number of benzene rings is 1. The van der Waals surface area contributed by atoms with Crippen LogP contribution in [-0.2, 0) is 6.42 Å². The summed E-state index contributed by atoms with van der Waals surface area (Å²) in [6.45, 7) is 4.73. The molecule has 2 heteroatoms. The van der Waals surface area contributed by atoms with Crippen LogP contribution in [0.3, 0.4) is 0 Å². The van der Waals surface area contributed by atoms with E-state index in [2.05, 4.69) is 38.1 Å². The van der Waals surface area contributed by atoms with E-state index in [0.717, 1.165) is 12.8 Å². The lowest BCUT2D eigenvalue weighted by molar-refractivity contribution is 0.173. The van der Waals surface area contributed by atoms with Crippen LogP contribution in [0, 0.1) is 0 Å². The van der Waals surface area contributed by atoms with Gasteiger partial charge in [-0.05, 0) is 29.9 Å². The fraction of sp³-hybridized carbons (Fsp3) is 0.538. The highest BCUT2D eigenvalue weighted by Gasteiger charge is 2.02. The summed E-state index contributed by atoms with van der Waals surface area (Å²) < 4.78 is 0. The molecule has 0 amide bonds. The SMILES string of the molecule is CC(C)c1ccc(CCC(O)CN)cc1. The minimum Gasteiger partial charge on any atom is -0.392 e. The van der Waals surface area contributed by atoms with Crippen LogP contribution in [0.25, 0.3) is 0 Å². The highest BCUT2D eigenvalue weighted by atomic mass is 16.3. The molecule has 1 unspecified atom stereocenters. The van der Waals surface area contributed by atoms with E-state index in [-0.39, 0.29) is 6.10 Å². The zero-order valence-electron chi connectivity index (χ0n) is 9.61. The summed E-state index contributed by atoms with van der Waals surface area (Å²) >= 11 is 0. The van der Waals surface area contributed by atoms with Crippen molar-refractivity contribution in [3.63, 3.8) is 0 Å². The maximum atomic E-state index is 9.34. The van der Waals surface area contributed by atoms with E-state index in [4.69, 9.17) is 5.73 Å². The largest absolute Gasteiger partial charge is 0.392 e. The minimum absolute atomic E-state index is 0.351. The van der Waals surface area contributed by atoms with Crippen LogP contribution in [0.2, 0.25) is 0 Å². The Kier molecular flexibility index (Phi) is 4.79. The van der Waals surface area contributed by atoms with Crippen molar-refractivity contribution in [1.82, 2.24) is 0 Å². The predicted octanol–water partition coefficient (Wildman–Crippen LogP) is 2.06. The molecule has 15 heavy (non-hydrogen) atoms. The molecule has 0 aromatic heterocycles. The van der Waals surface area contributed by atoms with Crippen molar-refractivity contribution in [2.45, 2.75) is 38.7 Å². The lowest BCUT2D eigenvalue weighted by Gasteiger charge is -2.09. The van der Waals surface area contributed by atoms with Crippen LogP contribution in [-0.4, -0.2) is 17.8 Å². The van der Waals surface area contributed by atoms with Gasteiger partial charge in [-0.25, -0.2) is 0 Å². The Hall–Kier alpha value is -0.860. The van der Waals surface area contributed by atoms with Crippen molar-refractivity contribution < 1.29 is 5.11 Å². The number of aliphatic hydroxyl groups is 1. The Labute approximate surface area is 92.1 Å². The van der Waals surface area contributed by atoms with Gasteiger partial charge >= 0.3 is 0 Å². The molecule has 0 saturated heterocycles. The van der Waals surface area contributed by atoms with Gasteiger partial charge in [0.1, 0.15) is 0 Å². The van der Waals surface area contributed by atoms with Crippen molar-refractivity contribution in [1.29, 1.82) is 0 Å². The summed E-state index contributed by atoms with van der Waals surface area (Å²) in [6, 6.07) is 8.60. The molecule has 0 aliphatic heterocycles. The highest BCUT2D eigenvalue weighted by Crippen LogP contribution is 2.15. The first-order valence-electron chi connectivity index (χ1n) is 5.60. The van der Waals surface area contributed by atoms with Crippen LogP contribution in [0.1, 0.15) is 37.3 Å². The molecule has 0 heterocycles. The Morgan fingerprint density at radius 2 is 1.80 bits per heavy atom. The summed E-state index contributed by atoms with van der Waals surface area (Å²) in [6.07, 6.45) is 1.28. The van der Waals surface area contributed by atoms with Crippen LogP contribution < -0.4 is 5.73 Å². The van der Waals surface area contributed by atoms with Gasteiger partial charge < -0.3 is 10.8 Å². The van der Waals surface area contributed by atoms with E-state index in [0.29, 0.717) is 12.5 Å². The molecule has 1 rings (SSSR count). The molecule has 0 saturated carbocycles. The monoisotopic (exact) mass is 207 g/mol. The van der Waals surface area contributed by atoms with Crippen molar-refractivity contribution in [2.75, 3.05) is 6.54 Å². The van der Waals surface area contributed by atoms with E-state index in [1.807, 2.05) is 0 Å². The second-order valence-corrected chi connectivity index (χ2v) is 4.32. The molecule has 0 fully saturated rings. The van der Waals surface area contributed by atoms with Crippen molar-refractivity contribution >= 4 is 0 Å². The lowest BCUT2D eigenvalue weighted by atomic mass is 9.99. The maximum Gasteiger partial charge on any atom is 0.0665 e. The summed E-state index contributed by atoms with van der Waals surface area (Å²) in [5.74, 6) is 0.577. The normalized spacial score (nSPS) is 13.1. The smallest absolute Gasteiger partial charge is 0.0665 e. The number of nitrogens with two attached hydrogens (primary N) is 1. The molecule has 0 radical (unpaired) electrons. The molecule has 1 atom stereocenters. The van der Waals surface area contributed by atoms with Gasteiger partial charge in [-0.3, -0.25) is 0 Å². The number of aryl methyl sites for hydroxylation is 1. The van der Waals surface area contributed by atoms with Gasteiger partial charge in [0.2, 0.25) is 0 Å². The number of hydrogen-bond donors (Lipinski definition) is 2. The third-order valence-corrected chi connectivity index (χ3v) is 2.68. The van der Waals surface area contributed by atoms with Gasteiger partial charge in [0.15, 0.2) is 0 Å². The van der Waals surface area contributed by atoms with Crippen LogP contribution in [0.15, 0.2) is 24.3 Å². The number of rotatable bonds is 5. The highest BCUT2D eigenvalue weighted by molar-refractivity contribution is 5.24. The first kappa shape index (κ1) is 12.2. The Morgan fingerprint density at radius 3 is 2.27 bits per heavy atom. The molecule has 3 N–H and O–H groups in total. The molecule has 84 valence electrons. The molecule has 0 bridgehead atoms. The molecule has 0 aliphatic rings. The van der Waals surface area contributed by atoms with Gasteiger partial charge in [-0.1, -0.05) is 38.1 Å². The average molecular weight is 207 g/mol. The van der Waals surface area contributed by atoms with Crippen LogP contribution in [0.5, 0.6) is 0 Å². The molecule has 1 aromatic carbocycles.